The molecular weight excluding hydrogens is 449 g/mol. The van der Waals surface area contributed by atoms with Crippen molar-refractivity contribution in [2.45, 2.75) is 17.9 Å². The molecule has 0 atom stereocenters. The molecule has 8 heteroatoms. The predicted molar refractivity (Wildman–Crippen MR) is 106 cm³/mol. The Hall–Kier alpha value is -1.94. The second-order valence-electron chi connectivity index (χ2n) is 5.55. The zero-order chi connectivity index (χ0) is 17.2. The number of carbonyl (C=O) groups excluding carboxylic acids is 1. The number of benzene rings is 1. The molecule has 25 heavy (non-hydrogen) atoms. The number of rotatable bonds is 0. The van der Waals surface area contributed by atoms with Crippen LogP contribution in [0.3, 0.4) is 0 Å². The molecule has 1 N–H and O–H groups in total. The molecule has 1 amide bonds. The molecule has 126 valence electrons. The summed E-state index contributed by atoms with van der Waals surface area (Å²) >= 11 is 3.92. The fraction of sp³-hybridized carbons (Fsp3) is 0.176. The topological polar surface area (TPSA) is 72.7 Å². The minimum absolute atomic E-state index is 0.147. The normalized spacial score (nSPS) is 14.4. The van der Waals surface area contributed by atoms with Gasteiger partial charge < -0.3 is 9.88 Å². The summed E-state index contributed by atoms with van der Waals surface area (Å²) in [6, 6.07) is 11.5. The molecule has 0 radical (unpaired) electrons. The number of thioether (sulfide) groups is 1. The third-order valence-electron chi connectivity index (χ3n) is 3.82. The van der Waals surface area contributed by atoms with Gasteiger partial charge in [-0.1, -0.05) is 6.07 Å². The number of fused-ring (bicyclic) bond motifs is 5. The number of hydrogen-bond donors (Lipinski definition) is 1. The first kappa shape index (κ1) is 16.5. The third kappa shape index (κ3) is 3.54. The molecule has 1 aliphatic heterocycles. The molecule has 0 saturated heterocycles. The highest BCUT2D eigenvalue weighted by molar-refractivity contribution is 14.1. The minimum atomic E-state index is -0.147. The van der Waals surface area contributed by atoms with Crippen molar-refractivity contribution in [3.8, 4) is 11.5 Å². The van der Waals surface area contributed by atoms with E-state index >= 15 is 0 Å². The van der Waals surface area contributed by atoms with Crippen molar-refractivity contribution < 1.29 is 4.79 Å². The molecule has 1 aliphatic rings. The van der Waals surface area contributed by atoms with Gasteiger partial charge in [0, 0.05) is 15.0 Å². The number of aromatic nitrogens is 4. The Labute approximate surface area is 162 Å². The van der Waals surface area contributed by atoms with Gasteiger partial charge in [-0.2, -0.15) is 0 Å². The molecule has 2 aromatic heterocycles. The lowest BCUT2D eigenvalue weighted by atomic mass is 10.2. The SMILES string of the molecule is O=C1Nc2cccc(n2)-c2nncn2CCCSc2ccc(I)cc21. The predicted octanol–water partition coefficient (Wildman–Crippen LogP) is 3.69. The number of aryl methyl sites for hydroxylation is 1. The number of carbonyl (C=O) groups is 1. The van der Waals surface area contributed by atoms with Crippen LogP contribution in [0.25, 0.3) is 11.5 Å². The first-order valence-electron chi connectivity index (χ1n) is 7.80. The van der Waals surface area contributed by atoms with Crippen LogP contribution in [0.2, 0.25) is 0 Å². The molecule has 3 heterocycles. The van der Waals surface area contributed by atoms with Crippen LogP contribution in [0.4, 0.5) is 5.82 Å². The molecule has 2 bridgehead atoms. The van der Waals surface area contributed by atoms with E-state index in [0.717, 1.165) is 27.2 Å². The summed E-state index contributed by atoms with van der Waals surface area (Å²) in [5, 5.41) is 11.1. The van der Waals surface area contributed by atoms with E-state index in [1.54, 1.807) is 24.2 Å². The maximum atomic E-state index is 12.8. The van der Waals surface area contributed by atoms with Crippen molar-refractivity contribution in [2.75, 3.05) is 11.1 Å². The molecule has 0 aliphatic carbocycles. The Bertz CT molecular complexity index is 942. The van der Waals surface area contributed by atoms with Crippen molar-refractivity contribution in [3.05, 3.63) is 51.9 Å². The van der Waals surface area contributed by atoms with Crippen molar-refractivity contribution in [2.24, 2.45) is 0 Å². The highest BCUT2D eigenvalue weighted by Gasteiger charge is 2.16. The van der Waals surface area contributed by atoms with Crippen molar-refractivity contribution in [1.29, 1.82) is 0 Å². The van der Waals surface area contributed by atoms with Crippen molar-refractivity contribution >= 4 is 46.1 Å². The van der Waals surface area contributed by atoms with Crippen molar-refractivity contribution in [1.82, 2.24) is 19.7 Å². The van der Waals surface area contributed by atoms with Crippen LogP contribution in [-0.2, 0) is 6.54 Å². The van der Waals surface area contributed by atoms with E-state index in [1.807, 2.05) is 34.9 Å². The zero-order valence-corrected chi connectivity index (χ0v) is 16.1. The molecule has 0 saturated carbocycles. The van der Waals surface area contributed by atoms with E-state index in [1.165, 1.54) is 0 Å². The minimum Gasteiger partial charge on any atom is -0.312 e. The van der Waals surface area contributed by atoms with Gasteiger partial charge in [0.05, 0.1) is 5.56 Å². The lowest BCUT2D eigenvalue weighted by Gasteiger charge is -2.10. The first-order chi connectivity index (χ1) is 12.2. The van der Waals surface area contributed by atoms with E-state index < -0.39 is 0 Å². The van der Waals surface area contributed by atoms with Crippen LogP contribution in [0.1, 0.15) is 16.8 Å². The molecule has 4 rings (SSSR count). The van der Waals surface area contributed by atoms with Crippen LogP contribution < -0.4 is 5.32 Å². The number of nitrogens with one attached hydrogen (secondary N) is 1. The molecule has 6 nitrogen and oxygen atoms in total. The van der Waals surface area contributed by atoms with E-state index in [-0.39, 0.29) is 5.91 Å². The van der Waals surface area contributed by atoms with Gasteiger partial charge in [-0.05, 0) is 65.1 Å². The lowest BCUT2D eigenvalue weighted by Crippen LogP contribution is -2.14. The number of pyridine rings is 1. The van der Waals surface area contributed by atoms with Gasteiger partial charge in [-0.15, -0.1) is 22.0 Å². The van der Waals surface area contributed by atoms with Gasteiger partial charge in [0.25, 0.3) is 5.91 Å². The summed E-state index contributed by atoms with van der Waals surface area (Å²) in [5.74, 6) is 1.98. The zero-order valence-electron chi connectivity index (χ0n) is 13.1. The van der Waals surface area contributed by atoms with Crippen molar-refractivity contribution in [3.63, 3.8) is 0 Å². The van der Waals surface area contributed by atoms with Gasteiger partial charge >= 0.3 is 0 Å². The average molecular weight is 463 g/mol. The molecular formula is C17H14IN5OS. The smallest absolute Gasteiger partial charge is 0.257 e. The van der Waals surface area contributed by atoms with E-state index in [4.69, 9.17) is 0 Å². The van der Waals surface area contributed by atoms with Crippen LogP contribution in [0.15, 0.2) is 47.6 Å². The monoisotopic (exact) mass is 463 g/mol. The second-order valence-corrected chi connectivity index (χ2v) is 7.94. The molecule has 0 fully saturated rings. The summed E-state index contributed by atoms with van der Waals surface area (Å²) in [7, 11) is 0. The Morgan fingerprint density at radius 2 is 2.16 bits per heavy atom. The van der Waals surface area contributed by atoms with Crippen LogP contribution >= 0.6 is 34.4 Å². The van der Waals surface area contributed by atoms with Gasteiger partial charge in [-0.25, -0.2) is 4.98 Å². The fourth-order valence-electron chi connectivity index (χ4n) is 2.65. The van der Waals surface area contributed by atoms with E-state index in [2.05, 4.69) is 43.1 Å². The highest BCUT2D eigenvalue weighted by atomic mass is 127. The highest BCUT2D eigenvalue weighted by Crippen LogP contribution is 2.27. The average Bonchev–Trinajstić information content (AvgIpc) is 3.08. The fourth-order valence-corrected chi connectivity index (χ4v) is 4.11. The largest absolute Gasteiger partial charge is 0.312 e. The lowest BCUT2D eigenvalue weighted by molar-refractivity contribution is 0.102. The molecule has 0 spiro atoms. The third-order valence-corrected chi connectivity index (χ3v) is 5.65. The first-order valence-corrected chi connectivity index (χ1v) is 9.86. The quantitative estimate of drug-likeness (QED) is 0.515. The number of anilines is 1. The summed E-state index contributed by atoms with van der Waals surface area (Å²) < 4.78 is 3.03. The van der Waals surface area contributed by atoms with E-state index in [9.17, 15) is 4.79 Å². The van der Waals surface area contributed by atoms with Gasteiger partial charge in [-0.3, -0.25) is 4.79 Å². The maximum absolute atomic E-state index is 12.8. The Morgan fingerprint density at radius 1 is 1.24 bits per heavy atom. The van der Waals surface area contributed by atoms with Gasteiger partial charge in [0.15, 0.2) is 5.82 Å². The number of nitrogens with zero attached hydrogens (tertiary/aromatic N) is 4. The standard InChI is InChI=1S/C17H14IN5OS/c18-11-5-6-14-12(9-11)17(24)21-15-4-1-3-13(20-15)16-22-19-10-23(16)7-2-8-25-14/h1,3-6,9-10H,2,7-8H2,(H,20,21,24). The Kier molecular flexibility index (Phi) is 4.71. The number of hydrogen-bond acceptors (Lipinski definition) is 5. The van der Waals surface area contributed by atoms with E-state index in [0.29, 0.717) is 22.9 Å². The van der Waals surface area contributed by atoms with Crippen LogP contribution in [-0.4, -0.2) is 31.4 Å². The number of halogens is 1. The summed E-state index contributed by atoms with van der Waals surface area (Å²) in [4.78, 5) is 18.3. The molecule has 3 aromatic rings. The number of amides is 1. The van der Waals surface area contributed by atoms with Gasteiger partial charge in [0.1, 0.15) is 17.8 Å². The summed E-state index contributed by atoms with van der Waals surface area (Å²) in [6.45, 7) is 0.808. The van der Waals surface area contributed by atoms with Crippen LogP contribution in [0.5, 0.6) is 0 Å². The maximum Gasteiger partial charge on any atom is 0.257 e. The summed E-state index contributed by atoms with van der Waals surface area (Å²) in [5.41, 5.74) is 1.38. The Balaban J connectivity index is 1.77. The van der Waals surface area contributed by atoms with Gasteiger partial charge in [0.2, 0.25) is 0 Å². The molecule has 0 unspecified atom stereocenters. The van der Waals surface area contributed by atoms with Crippen LogP contribution in [0, 0.1) is 3.57 Å². The molecule has 1 aromatic carbocycles. The second kappa shape index (κ2) is 7.12. The Morgan fingerprint density at radius 3 is 3.08 bits per heavy atom. The summed E-state index contributed by atoms with van der Waals surface area (Å²) in [6.07, 6.45) is 2.67.